The van der Waals surface area contributed by atoms with Crippen LogP contribution in [0.2, 0.25) is 0 Å². The molecule has 0 fully saturated rings. The standard InChI is InChI=1S/C9H16N4O2/c1-9(2,7(10)8(14)15)3-4-13-6-11-5-12-13/h5-7H,3-4,10H2,1-2H3,(H,14,15). The Kier molecular flexibility index (Phi) is 3.41. The number of carboxylic acid groups (broad SMARTS) is 1. The van der Waals surface area contributed by atoms with Gasteiger partial charge >= 0.3 is 5.97 Å². The highest BCUT2D eigenvalue weighted by Gasteiger charge is 2.31. The zero-order valence-corrected chi connectivity index (χ0v) is 8.92. The number of hydrogen-bond donors (Lipinski definition) is 2. The highest BCUT2D eigenvalue weighted by atomic mass is 16.4. The Labute approximate surface area is 88.1 Å². The molecule has 1 heterocycles. The predicted molar refractivity (Wildman–Crippen MR) is 54.0 cm³/mol. The number of carbonyl (C=O) groups is 1. The van der Waals surface area contributed by atoms with E-state index in [0.29, 0.717) is 13.0 Å². The van der Waals surface area contributed by atoms with E-state index < -0.39 is 17.4 Å². The quantitative estimate of drug-likeness (QED) is 0.722. The number of aliphatic carboxylic acids is 1. The Morgan fingerprint density at radius 1 is 1.67 bits per heavy atom. The van der Waals surface area contributed by atoms with Crippen molar-refractivity contribution in [2.75, 3.05) is 0 Å². The van der Waals surface area contributed by atoms with Gasteiger partial charge in [0.15, 0.2) is 0 Å². The maximum atomic E-state index is 10.7. The third kappa shape index (κ3) is 3.02. The maximum absolute atomic E-state index is 10.7. The van der Waals surface area contributed by atoms with E-state index in [4.69, 9.17) is 10.8 Å². The average Bonchev–Trinajstić information content (AvgIpc) is 2.66. The zero-order valence-electron chi connectivity index (χ0n) is 8.92. The minimum atomic E-state index is -0.974. The third-order valence-electron chi connectivity index (χ3n) is 2.56. The molecule has 0 saturated carbocycles. The summed E-state index contributed by atoms with van der Waals surface area (Å²) in [5.74, 6) is -0.974. The number of rotatable bonds is 5. The second kappa shape index (κ2) is 4.39. The molecule has 84 valence electrons. The van der Waals surface area contributed by atoms with Crippen LogP contribution in [-0.2, 0) is 11.3 Å². The summed E-state index contributed by atoms with van der Waals surface area (Å²) in [7, 11) is 0. The van der Waals surface area contributed by atoms with Crippen molar-refractivity contribution < 1.29 is 9.90 Å². The molecule has 0 radical (unpaired) electrons. The van der Waals surface area contributed by atoms with Gasteiger partial charge in [0.2, 0.25) is 0 Å². The molecule has 0 aromatic carbocycles. The van der Waals surface area contributed by atoms with Crippen LogP contribution < -0.4 is 5.73 Å². The molecule has 3 N–H and O–H groups in total. The molecule has 6 heteroatoms. The van der Waals surface area contributed by atoms with Crippen LogP contribution in [-0.4, -0.2) is 31.9 Å². The molecule has 1 atom stereocenters. The number of aromatic nitrogens is 3. The summed E-state index contributed by atoms with van der Waals surface area (Å²) in [6, 6.07) is -0.860. The lowest BCUT2D eigenvalue weighted by atomic mass is 9.82. The van der Waals surface area contributed by atoms with Crippen LogP contribution in [0.4, 0.5) is 0 Å². The Morgan fingerprint density at radius 3 is 2.80 bits per heavy atom. The molecule has 0 aliphatic carbocycles. The van der Waals surface area contributed by atoms with Gasteiger partial charge in [-0.05, 0) is 11.8 Å². The van der Waals surface area contributed by atoms with E-state index in [-0.39, 0.29) is 0 Å². The Bertz CT molecular complexity index is 321. The van der Waals surface area contributed by atoms with Crippen LogP contribution in [0.5, 0.6) is 0 Å². The monoisotopic (exact) mass is 212 g/mol. The summed E-state index contributed by atoms with van der Waals surface area (Å²) in [6.45, 7) is 4.29. The summed E-state index contributed by atoms with van der Waals surface area (Å²) in [5.41, 5.74) is 5.13. The van der Waals surface area contributed by atoms with Crippen LogP contribution >= 0.6 is 0 Å². The first-order valence-electron chi connectivity index (χ1n) is 4.74. The van der Waals surface area contributed by atoms with Crippen molar-refractivity contribution in [2.45, 2.75) is 32.9 Å². The SMILES string of the molecule is CC(C)(CCn1cncn1)C(N)C(=O)O. The van der Waals surface area contributed by atoms with Gasteiger partial charge in [-0.2, -0.15) is 5.10 Å². The summed E-state index contributed by atoms with van der Waals surface area (Å²) < 4.78 is 1.66. The summed E-state index contributed by atoms with van der Waals surface area (Å²) in [4.78, 5) is 14.6. The molecule has 0 aliphatic rings. The van der Waals surface area contributed by atoms with E-state index in [0.717, 1.165) is 0 Å². The number of hydrogen-bond acceptors (Lipinski definition) is 4. The minimum Gasteiger partial charge on any atom is -0.480 e. The molecule has 1 aromatic heterocycles. The molecule has 1 aromatic rings. The van der Waals surface area contributed by atoms with Crippen LogP contribution in [0, 0.1) is 5.41 Å². The number of nitrogens with two attached hydrogens (primary N) is 1. The van der Waals surface area contributed by atoms with Crippen LogP contribution in [0.15, 0.2) is 12.7 Å². The fourth-order valence-electron chi connectivity index (χ4n) is 1.24. The van der Waals surface area contributed by atoms with Gasteiger partial charge in [-0.1, -0.05) is 13.8 Å². The average molecular weight is 212 g/mol. The van der Waals surface area contributed by atoms with Crippen LogP contribution in [0.3, 0.4) is 0 Å². The largest absolute Gasteiger partial charge is 0.480 e. The molecule has 0 amide bonds. The van der Waals surface area contributed by atoms with Gasteiger partial charge < -0.3 is 10.8 Å². The molecule has 6 nitrogen and oxygen atoms in total. The predicted octanol–water partition coefficient (Wildman–Crippen LogP) is 0.106. The first kappa shape index (κ1) is 11.6. The lowest BCUT2D eigenvalue weighted by Crippen LogP contribution is -2.44. The molecule has 0 bridgehead atoms. The van der Waals surface area contributed by atoms with E-state index in [1.54, 1.807) is 11.0 Å². The molecular formula is C9H16N4O2. The fourth-order valence-corrected chi connectivity index (χ4v) is 1.24. The molecule has 0 spiro atoms. The lowest BCUT2D eigenvalue weighted by molar-refractivity contribution is -0.141. The van der Waals surface area contributed by atoms with E-state index in [2.05, 4.69) is 10.1 Å². The normalized spacial score (nSPS) is 13.8. The van der Waals surface area contributed by atoms with E-state index in [1.165, 1.54) is 6.33 Å². The van der Waals surface area contributed by atoms with Crippen LogP contribution in [0.1, 0.15) is 20.3 Å². The first-order chi connectivity index (χ1) is 6.93. The molecule has 0 saturated heterocycles. The van der Waals surface area contributed by atoms with Gasteiger partial charge in [0.05, 0.1) is 0 Å². The third-order valence-corrected chi connectivity index (χ3v) is 2.56. The number of aryl methyl sites for hydroxylation is 1. The van der Waals surface area contributed by atoms with Crippen molar-refractivity contribution in [3.8, 4) is 0 Å². The molecular weight excluding hydrogens is 196 g/mol. The number of carboxylic acids is 1. The Balaban J connectivity index is 2.53. The molecule has 0 aliphatic heterocycles. The maximum Gasteiger partial charge on any atom is 0.321 e. The Hall–Kier alpha value is -1.43. The van der Waals surface area contributed by atoms with E-state index in [1.807, 2.05) is 13.8 Å². The van der Waals surface area contributed by atoms with Gasteiger partial charge in [0.25, 0.3) is 0 Å². The molecule has 15 heavy (non-hydrogen) atoms. The lowest BCUT2D eigenvalue weighted by Gasteiger charge is -2.28. The van der Waals surface area contributed by atoms with Crippen molar-refractivity contribution in [2.24, 2.45) is 11.1 Å². The van der Waals surface area contributed by atoms with Crippen molar-refractivity contribution >= 4 is 5.97 Å². The summed E-state index contributed by atoms with van der Waals surface area (Å²) in [5, 5.41) is 12.8. The second-order valence-electron chi connectivity index (χ2n) is 4.21. The van der Waals surface area contributed by atoms with Crippen molar-refractivity contribution in [3.05, 3.63) is 12.7 Å². The van der Waals surface area contributed by atoms with Gasteiger partial charge in [0.1, 0.15) is 18.7 Å². The highest BCUT2D eigenvalue weighted by Crippen LogP contribution is 2.24. The van der Waals surface area contributed by atoms with Gasteiger partial charge in [-0.15, -0.1) is 0 Å². The molecule has 1 rings (SSSR count). The molecule has 1 unspecified atom stereocenters. The van der Waals surface area contributed by atoms with Gasteiger partial charge in [-0.3, -0.25) is 9.48 Å². The van der Waals surface area contributed by atoms with Crippen LogP contribution in [0.25, 0.3) is 0 Å². The van der Waals surface area contributed by atoms with Crippen molar-refractivity contribution in [1.29, 1.82) is 0 Å². The fraction of sp³-hybridized carbons (Fsp3) is 0.667. The minimum absolute atomic E-state index is 0.461. The van der Waals surface area contributed by atoms with Crippen molar-refractivity contribution in [1.82, 2.24) is 14.8 Å². The highest BCUT2D eigenvalue weighted by molar-refractivity contribution is 5.74. The number of nitrogens with zero attached hydrogens (tertiary/aromatic N) is 3. The summed E-state index contributed by atoms with van der Waals surface area (Å²) >= 11 is 0. The van der Waals surface area contributed by atoms with Crippen molar-refractivity contribution in [3.63, 3.8) is 0 Å². The zero-order chi connectivity index (χ0) is 11.5. The smallest absolute Gasteiger partial charge is 0.321 e. The van der Waals surface area contributed by atoms with Gasteiger partial charge in [0, 0.05) is 6.54 Å². The van der Waals surface area contributed by atoms with E-state index >= 15 is 0 Å². The second-order valence-corrected chi connectivity index (χ2v) is 4.21. The summed E-state index contributed by atoms with van der Waals surface area (Å²) in [6.07, 6.45) is 3.69. The first-order valence-corrected chi connectivity index (χ1v) is 4.74. The van der Waals surface area contributed by atoms with E-state index in [9.17, 15) is 4.79 Å². The topological polar surface area (TPSA) is 94.0 Å². The Morgan fingerprint density at radius 2 is 2.33 bits per heavy atom. The van der Waals surface area contributed by atoms with Gasteiger partial charge in [-0.25, -0.2) is 4.98 Å².